The summed E-state index contributed by atoms with van der Waals surface area (Å²) >= 11 is 5.95. The van der Waals surface area contributed by atoms with Crippen LogP contribution in [0.3, 0.4) is 0 Å². The van der Waals surface area contributed by atoms with Gasteiger partial charge >= 0.3 is 0 Å². The summed E-state index contributed by atoms with van der Waals surface area (Å²) in [5.74, 6) is 0.422. The monoisotopic (exact) mass is 408 g/mol. The van der Waals surface area contributed by atoms with Crippen molar-refractivity contribution in [1.29, 1.82) is 0 Å². The molecule has 0 atom stereocenters. The number of benzene rings is 2. The lowest BCUT2D eigenvalue weighted by Crippen LogP contribution is -2.39. The van der Waals surface area contributed by atoms with E-state index < -0.39 is 15.4 Å². The molecule has 0 radical (unpaired) electrons. The Balaban J connectivity index is 1.98. The Kier molecular flexibility index (Phi) is 4.86. The Labute approximate surface area is 164 Å². The summed E-state index contributed by atoms with van der Waals surface area (Å²) < 4.78 is 33.9. The van der Waals surface area contributed by atoms with Crippen LogP contribution in [0.15, 0.2) is 41.3 Å². The van der Waals surface area contributed by atoms with Crippen molar-refractivity contribution in [3.8, 4) is 5.75 Å². The number of fused-ring (bicyclic) bond motifs is 1. The molecular weight excluding hydrogens is 388 g/mol. The summed E-state index contributed by atoms with van der Waals surface area (Å²) in [6, 6.07) is 9.54. The van der Waals surface area contributed by atoms with Crippen LogP contribution in [0.1, 0.15) is 19.4 Å². The molecule has 6 nitrogen and oxygen atoms in total. The maximum atomic E-state index is 12.8. The molecule has 0 unspecified atom stereocenters. The molecule has 1 aliphatic rings. The summed E-state index contributed by atoms with van der Waals surface area (Å²) in [5.41, 5.74) is 0.745. The topological polar surface area (TPSA) is 75.7 Å². The van der Waals surface area contributed by atoms with E-state index in [-0.39, 0.29) is 17.4 Å². The highest BCUT2D eigenvalue weighted by Gasteiger charge is 2.36. The number of hydrogen-bond acceptors (Lipinski definition) is 4. The van der Waals surface area contributed by atoms with Gasteiger partial charge in [-0.1, -0.05) is 17.7 Å². The van der Waals surface area contributed by atoms with Crippen molar-refractivity contribution in [1.82, 2.24) is 0 Å². The molecule has 1 aliphatic heterocycles. The number of halogens is 1. The van der Waals surface area contributed by atoms with Crippen LogP contribution in [-0.4, -0.2) is 28.0 Å². The summed E-state index contributed by atoms with van der Waals surface area (Å²) in [6.45, 7) is 5.56. The van der Waals surface area contributed by atoms with Crippen molar-refractivity contribution in [2.45, 2.75) is 25.7 Å². The Bertz CT molecular complexity index is 1020. The van der Waals surface area contributed by atoms with Crippen molar-refractivity contribution in [2.24, 2.45) is 5.41 Å². The second-order valence-electron chi connectivity index (χ2n) is 7.23. The minimum absolute atomic E-state index is 0.103. The third kappa shape index (κ3) is 3.75. The van der Waals surface area contributed by atoms with Gasteiger partial charge in [-0.05, 0) is 56.7 Å². The van der Waals surface area contributed by atoms with Crippen molar-refractivity contribution in [3.63, 3.8) is 0 Å². The first-order valence-corrected chi connectivity index (χ1v) is 10.2. The highest BCUT2D eigenvalue weighted by molar-refractivity contribution is 7.92. The first-order valence-electron chi connectivity index (χ1n) is 8.35. The fourth-order valence-electron chi connectivity index (χ4n) is 2.92. The van der Waals surface area contributed by atoms with Crippen LogP contribution in [0.2, 0.25) is 5.02 Å². The van der Waals surface area contributed by atoms with Gasteiger partial charge in [-0.25, -0.2) is 8.42 Å². The molecule has 0 aromatic heterocycles. The van der Waals surface area contributed by atoms with Crippen LogP contribution in [0.4, 0.5) is 11.4 Å². The van der Waals surface area contributed by atoms with Crippen molar-refractivity contribution >= 4 is 38.9 Å². The van der Waals surface area contributed by atoms with Crippen LogP contribution in [-0.2, 0) is 14.8 Å². The fourth-order valence-corrected chi connectivity index (χ4v) is 4.48. The molecule has 0 bridgehead atoms. The summed E-state index contributed by atoms with van der Waals surface area (Å²) in [5, 5.41) is 0.337. The van der Waals surface area contributed by atoms with Crippen molar-refractivity contribution in [2.75, 3.05) is 23.3 Å². The SMILES string of the molecule is Cc1ccc(Cl)cc1S(=O)(=O)Nc1ccc2c(c1)N(C)C(=O)C(C)(C)CO2. The van der Waals surface area contributed by atoms with E-state index in [1.54, 1.807) is 44.3 Å². The molecule has 0 spiro atoms. The minimum Gasteiger partial charge on any atom is -0.490 e. The molecule has 1 amide bonds. The number of amides is 1. The van der Waals surface area contributed by atoms with E-state index in [4.69, 9.17) is 16.3 Å². The van der Waals surface area contributed by atoms with Gasteiger partial charge in [0.05, 0.1) is 21.7 Å². The van der Waals surface area contributed by atoms with Gasteiger partial charge in [0, 0.05) is 12.1 Å². The quantitative estimate of drug-likeness (QED) is 0.837. The number of carbonyl (C=O) groups is 1. The fraction of sp³-hybridized carbons (Fsp3) is 0.316. The number of ether oxygens (including phenoxy) is 1. The number of rotatable bonds is 3. The van der Waals surface area contributed by atoms with Crippen LogP contribution in [0.5, 0.6) is 5.75 Å². The van der Waals surface area contributed by atoms with E-state index in [1.165, 1.54) is 11.0 Å². The summed E-state index contributed by atoms with van der Waals surface area (Å²) in [6.07, 6.45) is 0. The lowest BCUT2D eigenvalue weighted by molar-refractivity contribution is -0.127. The Hall–Kier alpha value is -2.25. The molecule has 144 valence electrons. The van der Waals surface area contributed by atoms with Crippen LogP contribution in [0, 0.1) is 12.3 Å². The van der Waals surface area contributed by atoms with Gasteiger partial charge in [0.25, 0.3) is 10.0 Å². The normalized spacial score (nSPS) is 16.3. The zero-order chi connectivity index (χ0) is 20.0. The lowest BCUT2D eigenvalue weighted by atomic mass is 9.93. The maximum Gasteiger partial charge on any atom is 0.262 e. The molecule has 8 heteroatoms. The number of carbonyl (C=O) groups excluding carboxylic acids is 1. The second-order valence-corrected chi connectivity index (χ2v) is 9.32. The van der Waals surface area contributed by atoms with Crippen LogP contribution < -0.4 is 14.4 Å². The van der Waals surface area contributed by atoms with Gasteiger partial charge in [-0.15, -0.1) is 0 Å². The standard InChI is InChI=1S/C19H21ClN2O4S/c1-12-5-6-13(20)9-17(12)27(24,25)21-14-7-8-16-15(10-14)22(4)18(23)19(2,3)11-26-16/h5-10,21H,11H2,1-4H3. The average Bonchev–Trinajstić information content (AvgIpc) is 2.68. The molecular formula is C19H21ClN2O4S. The van der Waals surface area contributed by atoms with Gasteiger partial charge in [-0.3, -0.25) is 9.52 Å². The number of nitrogens with zero attached hydrogens (tertiary/aromatic N) is 1. The third-order valence-corrected chi connectivity index (χ3v) is 6.24. The van der Waals surface area contributed by atoms with Gasteiger partial charge in [0.1, 0.15) is 12.4 Å². The number of sulfonamides is 1. The minimum atomic E-state index is -3.83. The molecule has 0 saturated carbocycles. The molecule has 0 aliphatic carbocycles. The van der Waals surface area contributed by atoms with E-state index in [2.05, 4.69) is 4.72 Å². The van der Waals surface area contributed by atoms with Gasteiger partial charge in [0.15, 0.2) is 0 Å². The van der Waals surface area contributed by atoms with E-state index in [1.807, 2.05) is 13.8 Å². The Morgan fingerprint density at radius 2 is 1.89 bits per heavy atom. The van der Waals surface area contributed by atoms with Crippen LogP contribution >= 0.6 is 11.6 Å². The van der Waals surface area contributed by atoms with E-state index in [0.29, 0.717) is 27.7 Å². The number of hydrogen-bond donors (Lipinski definition) is 1. The third-order valence-electron chi connectivity index (χ3n) is 4.48. The molecule has 2 aromatic rings. The van der Waals surface area contributed by atoms with Gasteiger partial charge < -0.3 is 9.64 Å². The van der Waals surface area contributed by atoms with Gasteiger partial charge in [-0.2, -0.15) is 0 Å². The maximum absolute atomic E-state index is 12.8. The Morgan fingerprint density at radius 1 is 1.19 bits per heavy atom. The molecule has 27 heavy (non-hydrogen) atoms. The molecule has 2 aromatic carbocycles. The van der Waals surface area contributed by atoms with E-state index >= 15 is 0 Å². The summed E-state index contributed by atoms with van der Waals surface area (Å²) in [7, 11) is -2.18. The lowest BCUT2D eigenvalue weighted by Gasteiger charge is -2.24. The predicted octanol–water partition coefficient (Wildman–Crippen LogP) is 3.83. The molecule has 1 N–H and O–H groups in total. The zero-order valence-electron chi connectivity index (χ0n) is 15.5. The highest BCUT2D eigenvalue weighted by atomic mass is 35.5. The van der Waals surface area contributed by atoms with Gasteiger partial charge in [0.2, 0.25) is 5.91 Å². The van der Waals surface area contributed by atoms with Crippen molar-refractivity contribution < 1.29 is 17.9 Å². The first-order chi connectivity index (χ1) is 12.5. The molecule has 1 heterocycles. The summed E-state index contributed by atoms with van der Waals surface area (Å²) in [4.78, 5) is 14.2. The van der Waals surface area contributed by atoms with E-state index in [0.717, 1.165) is 0 Å². The van der Waals surface area contributed by atoms with E-state index in [9.17, 15) is 13.2 Å². The zero-order valence-corrected chi connectivity index (χ0v) is 17.1. The Morgan fingerprint density at radius 3 is 2.59 bits per heavy atom. The number of nitrogens with one attached hydrogen (secondary N) is 1. The molecule has 0 fully saturated rings. The molecule has 3 rings (SSSR count). The smallest absolute Gasteiger partial charge is 0.262 e. The largest absolute Gasteiger partial charge is 0.490 e. The second kappa shape index (κ2) is 6.73. The highest BCUT2D eigenvalue weighted by Crippen LogP contribution is 2.37. The van der Waals surface area contributed by atoms with Crippen molar-refractivity contribution in [3.05, 3.63) is 47.0 Å². The molecule has 0 saturated heterocycles. The first kappa shape index (κ1) is 19.5. The average molecular weight is 409 g/mol. The van der Waals surface area contributed by atoms with Crippen LogP contribution in [0.25, 0.3) is 0 Å². The predicted molar refractivity (Wildman–Crippen MR) is 106 cm³/mol. The number of anilines is 2. The number of aryl methyl sites for hydroxylation is 1.